The van der Waals surface area contributed by atoms with Crippen molar-refractivity contribution in [1.29, 1.82) is 5.26 Å². The first-order chi connectivity index (χ1) is 8.19. The Hall–Kier alpha value is -1.93. The molecule has 2 aromatic rings. The van der Waals surface area contributed by atoms with Crippen LogP contribution in [0, 0.1) is 17.1 Å². The molecule has 1 N–H and O–H groups in total. The van der Waals surface area contributed by atoms with Gasteiger partial charge in [0.25, 0.3) is 0 Å². The maximum atomic E-state index is 13.5. The van der Waals surface area contributed by atoms with Crippen molar-refractivity contribution in [1.82, 2.24) is 4.98 Å². The summed E-state index contributed by atoms with van der Waals surface area (Å²) in [6.07, 6.45) is 1.50. The molecule has 2 rings (SSSR count). The molecule has 1 aromatic heterocycles. The Morgan fingerprint density at radius 3 is 2.82 bits per heavy atom. The molecule has 0 unspecified atom stereocenters. The van der Waals surface area contributed by atoms with Crippen molar-refractivity contribution in [2.75, 3.05) is 5.32 Å². The fourth-order valence-corrected chi connectivity index (χ4v) is 1.65. The minimum absolute atomic E-state index is 0.285. The van der Waals surface area contributed by atoms with Gasteiger partial charge in [0, 0.05) is 16.4 Å². The molecule has 0 aliphatic heterocycles. The van der Waals surface area contributed by atoms with Gasteiger partial charge in [0.2, 0.25) is 0 Å². The Bertz CT molecular complexity index is 593. The van der Waals surface area contributed by atoms with Crippen LogP contribution in [0.5, 0.6) is 0 Å². The monoisotopic (exact) mass is 291 g/mol. The van der Waals surface area contributed by atoms with Crippen LogP contribution in [0.25, 0.3) is 0 Å². The molecular formula is C12H7BrFN3. The number of nitriles is 1. The Kier molecular flexibility index (Phi) is 3.35. The molecule has 0 radical (unpaired) electrons. The Morgan fingerprint density at radius 1 is 1.29 bits per heavy atom. The second kappa shape index (κ2) is 4.93. The highest BCUT2D eigenvalue weighted by atomic mass is 79.9. The smallest absolute Gasteiger partial charge is 0.147 e. The summed E-state index contributed by atoms with van der Waals surface area (Å²) in [5.41, 5.74) is 1.26. The number of aromatic nitrogens is 1. The molecule has 0 amide bonds. The average molecular weight is 292 g/mol. The minimum Gasteiger partial charge on any atom is -0.353 e. The van der Waals surface area contributed by atoms with E-state index in [0.717, 1.165) is 0 Å². The summed E-state index contributed by atoms with van der Waals surface area (Å²) in [4.78, 5) is 3.83. The van der Waals surface area contributed by atoms with Gasteiger partial charge >= 0.3 is 0 Å². The third-order valence-electron chi connectivity index (χ3n) is 2.08. The van der Waals surface area contributed by atoms with Gasteiger partial charge in [0.05, 0.1) is 5.69 Å². The molecule has 0 fully saturated rings. The summed E-state index contributed by atoms with van der Waals surface area (Å²) in [5.74, 6) is -0.366. The molecule has 0 saturated heterocycles. The first-order valence-corrected chi connectivity index (χ1v) is 5.56. The summed E-state index contributed by atoms with van der Waals surface area (Å²) >= 11 is 3.18. The van der Waals surface area contributed by atoms with Crippen LogP contribution in [0.4, 0.5) is 15.8 Å². The van der Waals surface area contributed by atoms with E-state index in [9.17, 15) is 4.39 Å². The molecule has 0 aliphatic carbocycles. The highest BCUT2D eigenvalue weighted by molar-refractivity contribution is 9.10. The molecule has 84 valence electrons. The van der Waals surface area contributed by atoms with E-state index >= 15 is 0 Å². The van der Waals surface area contributed by atoms with Gasteiger partial charge in [-0.2, -0.15) is 5.26 Å². The zero-order chi connectivity index (χ0) is 12.3. The van der Waals surface area contributed by atoms with Crippen LogP contribution in [-0.2, 0) is 0 Å². The van der Waals surface area contributed by atoms with E-state index in [1.54, 1.807) is 24.3 Å². The molecule has 0 saturated carbocycles. The number of nitrogens with zero attached hydrogens (tertiary/aromatic N) is 2. The SMILES string of the molecule is N#Cc1cc(Nc2ccc(Br)cc2F)ccn1. The summed E-state index contributed by atoms with van der Waals surface area (Å²) in [6.45, 7) is 0. The normalized spacial score (nSPS) is 9.71. The van der Waals surface area contributed by atoms with Crippen molar-refractivity contribution < 1.29 is 4.39 Å². The number of anilines is 2. The lowest BCUT2D eigenvalue weighted by Crippen LogP contribution is -1.95. The molecule has 0 bridgehead atoms. The molecule has 5 heteroatoms. The van der Waals surface area contributed by atoms with Crippen LogP contribution in [0.3, 0.4) is 0 Å². The number of rotatable bonds is 2. The molecule has 3 nitrogen and oxygen atoms in total. The number of hydrogen-bond donors (Lipinski definition) is 1. The topological polar surface area (TPSA) is 48.7 Å². The van der Waals surface area contributed by atoms with Crippen molar-refractivity contribution in [2.45, 2.75) is 0 Å². The maximum absolute atomic E-state index is 13.5. The highest BCUT2D eigenvalue weighted by Gasteiger charge is 2.03. The van der Waals surface area contributed by atoms with Gasteiger partial charge in [-0.25, -0.2) is 9.37 Å². The highest BCUT2D eigenvalue weighted by Crippen LogP contribution is 2.23. The lowest BCUT2D eigenvalue weighted by molar-refractivity contribution is 0.631. The van der Waals surface area contributed by atoms with Gasteiger partial charge < -0.3 is 5.32 Å². The number of nitrogens with one attached hydrogen (secondary N) is 1. The molecule has 0 atom stereocenters. The third kappa shape index (κ3) is 2.80. The summed E-state index contributed by atoms with van der Waals surface area (Å²) in [6, 6.07) is 9.87. The second-order valence-corrected chi connectivity index (χ2v) is 4.21. The molecule has 0 aliphatic rings. The first kappa shape index (κ1) is 11.6. The van der Waals surface area contributed by atoms with Crippen LogP contribution in [0.15, 0.2) is 41.0 Å². The van der Waals surface area contributed by atoms with Crippen LogP contribution in [-0.4, -0.2) is 4.98 Å². The van der Waals surface area contributed by atoms with Crippen LogP contribution < -0.4 is 5.32 Å². The van der Waals surface area contributed by atoms with Crippen molar-refractivity contribution in [3.63, 3.8) is 0 Å². The first-order valence-electron chi connectivity index (χ1n) is 4.77. The molecular weight excluding hydrogens is 285 g/mol. The van der Waals surface area contributed by atoms with Crippen molar-refractivity contribution in [2.24, 2.45) is 0 Å². The number of halogens is 2. The molecule has 17 heavy (non-hydrogen) atoms. The number of benzene rings is 1. The molecule has 1 heterocycles. The van der Waals surface area contributed by atoms with Gasteiger partial charge in [0.15, 0.2) is 0 Å². The summed E-state index contributed by atoms with van der Waals surface area (Å²) in [7, 11) is 0. The molecule has 1 aromatic carbocycles. The fraction of sp³-hybridized carbons (Fsp3) is 0. The van der Waals surface area contributed by atoms with Gasteiger partial charge in [-0.3, -0.25) is 0 Å². The van der Waals surface area contributed by atoms with Crippen LogP contribution in [0.1, 0.15) is 5.69 Å². The Morgan fingerprint density at radius 2 is 2.12 bits per heavy atom. The standard InChI is InChI=1S/C12H7BrFN3/c13-8-1-2-12(11(14)5-8)17-9-3-4-16-10(6-9)7-15/h1-6H,(H,16,17). The minimum atomic E-state index is -0.366. The van der Waals surface area contributed by atoms with E-state index in [1.807, 2.05) is 6.07 Å². The van der Waals surface area contributed by atoms with Gasteiger partial charge in [-0.1, -0.05) is 15.9 Å². The zero-order valence-corrected chi connectivity index (χ0v) is 10.2. The van der Waals surface area contributed by atoms with Crippen molar-refractivity contribution in [3.05, 3.63) is 52.5 Å². The van der Waals surface area contributed by atoms with Crippen molar-refractivity contribution >= 4 is 27.3 Å². The predicted octanol–water partition coefficient (Wildman–Crippen LogP) is 3.60. The van der Waals surface area contributed by atoms with E-state index in [1.165, 1.54) is 12.3 Å². The van der Waals surface area contributed by atoms with Gasteiger partial charge in [-0.05, 0) is 30.3 Å². The zero-order valence-electron chi connectivity index (χ0n) is 8.61. The lowest BCUT2D eigenvalue weighted by atomic mass is 10.2. The summed E-state index contributed by atoms with van der Waals surface area (Å²) in [5, 5.41) is 11.6. The number of hydrogen-bond acceptors (Lipinski definition) is 3. The van der Waals surface area contributed by atoms with E-state index in [4.69, 9.17) is 5.26 Å². The van der Waals surface area contributed by atoms with E-state index < -0.39 is 0 Å². The Balaban J connectivity index is 2.28. The largest absolute Gasteiger partial charge is 0.353 e. The van der Waals surface area contributed by atoms with E-state index in [0.29, 0.717) is 15.8 Å². The quantitative estimate of drug-likeness (QED) is 0.920. The third-order valence-corrected chi connectivity index (χ3v) is 2.58. The van der Waals surface area contributed by atoms with Crippen molar-refractivity contribution in [3.8, 4) is 6.07 Å². The second-order valence-electron chi connectivity index (χ2n) is 3.29. The van der Waals surface area contributed by atoms with E-state index in [-0.39, 0.29) is 11.5 Å². The lowest BCUT2D eigenvalue weighted by Gasteiger charge is -2.07. The maximum Gasteiger partial charge on any atom is 0.147 e. The molecule has 0 spiro atoms. The van der Waals surface area contributed by atoms with Gasteiger partial charge in [0.1, 0.15) is 17.6 Å². The summed E-state index contributed by atoms with van der Waals surface area (Å²) < 4.78 is 14.2. The van der Waals surface area contributed by atoms with Gasteiger partial charge in [-0.15, -0.1) is 0 Å². The number of pyridine rings is 1. The predicted molar refractivity (Wildman–Crippen MR) is 66.3 cm³/mol. The van der Waals surface area contributed by atoms with E-state index in [2.05, 4.69) is 26.2 Å². The Labute approximate surface area is 106 Å². The van der Waals surface area contributed by atoms with Crippen LogP contribution >= 0.6 is 15.9 Å². The fourth-order valence-electron chi connectivity index (χ4n) is 1.32. The average Bonchev–Trinajstić information content (AvgIpc) is 2.33. The van der Waals surface area contributed by atoms with Crippen LogP contribution in [0.2, 0.25) is 0 Å².